The van der Waals surface area contributed by atoms with E-state index in [-0.39, 0.29) is 24.4 Å². The number of benzene rings is 3. The van der Waals surface area contributed by atoms with E-state index in [0.29, 0.717) is 24.1 Å². The number of likely N-dealkylation sites (tertiary alicyclic amines) is 1. The highest BCUT2D eigenvalue weighted by atomic mass is 16.3. The van der Waals surface area contributed by atoms with E-state index in [0.717, 1.165) is 35.0 Å². The zero-order chi connectivity index (χ0) is 24.3. The molecule has 0 saturated carbocycles. The van der Waals surface area contributed by atoms with Crippen molar-refractivity contribution in [2.45, 2.75) is 43.1 Å². The van der Waals surface area contributed by atoms with Gasteiger partial charge in [-0.1, -0.05) is 54.6 Å². The van der Waals surface area contributed by atoms with E-state index in [1.165, 1.54) is 7.05 Å². The van der Waals surface area contributed by atoms with Gasteiger partial charge in [-0.05, 0) is 40.8 Å². The number of nitrogens with zero attached hydrogens (tertiary/aromatic N) is 2. The number of carbonyl (C=O) groups excluding carboxylic acids is 2. The highest BCUT2D eigenvalue weighted by molar-refractivity contribution is 6.09. The van der Waals surface area contributed by atoms with Gasteiger partial charge in [0.25, 0.3) is 5.91 Å². The maximum Gasteiger partial charge on any atom is 0.264 e. The van der Waals surface area contributed by atoms with E-state index in [1.807, 2.05) is 30.3 Å². The molecule has 35 heavy (non-hydrogen) atoms. The summed E-state index contributed by atoms with van der Waals surface area (Å²) in [6.45, 7) is 1.44. The number of anilines is 1. The molecule has 0 unspecified atom stereocenters. The first-order chi connectivity index (χ1) is 16.9. The summed E-state index contributed by atoms with van der Waals surface area (Å²) in [5.74, 6) is -0.810. The monoisotopic (exact) mass is 471 g/mol. The Balaban J connectivity index is 1.25. The minimum atomic E-state index is -1.85. The SMILES string of the molecule is CNC(=O)C[C@@]1(O)C(=O)N(C2CCN([C@H]3c4cccc5cccc(c45)[C@@H]3O)CC2)c2ccccc21. The minimum absolute atomic E-state index is 0.0877. The van der Waals surface area contributed by atoms with Crippen LogP contribution in [0.15, 0.2) is 60.7 Å². The molecule has 1 fully saturated rings. The predicted molar refractivity (Wildman–Crippen MR) is 133 cm³/mol. The largest absolute Gasteiger partial charge is 0.386 e. The maximum absolute atomic E-state index is 13.5. The molecule has 3 aromatic rings. The van der Waals surface area contributed by atoms with Crippen molar-refractivity contribution < 1.29 is 19.8 Å². The van der Waals surface area contributed by atoms with Crippen LogP contribution in [0.5, 0.6) is 0 Å². The van der Waals surface area contributed by atoms with Crippen LogP contribution in [0, 0.1) is 0 Å². The fraction of sp³-hybridized carbons (Fsp3) is 0.357. The summed E-state index contributed by atoms with van der Waals surface area (Å²) in [6, 6.07) is 19.4. The quantitative estimate of drug-likeness (QED) is 0.544. The van der Waals surface area contributed by atoms with Crippen LogP contribution in [0.3, 0.4) is 0 Å². The van der Waals surface area contributed by atoms with Gasteiger partial charge in [-0.3, -0.25) is 14.5 Å². The molecule has 1 saturated heterocycles. The van der Waals surface area contributed by atoms with Crippen molar-refractivity contribution >= 4 is 28.3 Å². The van der Waals surface area contributed by atoms with Gasteiger partial charge >= 0.3 is 0 Å². The molecule has 180 valence electrons. The first-order valence-electron chi connectivity index (χ1n) is 12.2. The van der Waals surface area contributed by atoms with E-state index in [9.17, 15) is 19.8 Å². The van der Waals surface area contributed by atoms with Crippen LogP contribution >= 0.6 is 0 Å². The zero-order valence-corrected chi connectivity index (χ0v) is 19.6. The van der Waals surface area contributed by atoms with Crippen molar-refractivity contribution in [1.82, 2.24) is 10.2 Å². The fourth-order valence-corrected chi connectivity index (χ4v) is 6.36. The number of nitrogens with one attached hydrogen (secondary N) is 1. The number of fused-ring (bicyclic) bond motifs is 1. The number of hydrogen-bond donors (Lipinski definition) is 3. The van der Waals surface area contributed by atoms with Gasteiger partial charge in [0, 0.05) is 31.7 Å². The molecule has 6 rings (SSSR count). The van der Waals surface area contributed by atoms with Crippen molar-refractivity contribution in [3.8, 4) is 0 Å². The molecule has 2 aliphatic heterocycles. The summed E-state index contributed by atoms with van der Waals surface area (Å²) < 4.78 is 0. The second-order valence-corrected chi connectivity index (χ2v) is 9.85. The van der Waals surface area contributed by atoms with Crippen molar-refractivity contribution in [1.29, 1.82) is 0 Å². The predicted octanol–water partition coefficient (Wildman–Crippen LogP) is 2.76. The topological polar surface area (TPSA) is 93.1 Å². The van der Waals surface area contributed by atoms with Crippen molar-refractivity contribution in [2.24, 2.45) is 0 Å². The molecule has 3 aromatic carbocycles. The Labute approximate surface area is 204 Å². The third-order valence-corrected chi connectivity index (χ3v) is 8.04. The zero-order valence-electron chi connectivity index (χ0n) is 19.6. The molecule has 0 radical (unpaired) electrons. The summed E-state index contributed by atoms with van der Waals surface area (Å²) in [5.41, 5.74) is 1.46. The first-order valence-corrected chi connectivity index (χ1v) is 12.2. The van der Waals surface area contributed by atoms with E-state index in [4.69, 9.17) is 0 Å². The molecular formula is C28H29N3O4. The van der Waals surface area contributed by atoms with Gasteiger partial charge in [-0.15, -0.1) is 0 Å². The molecule has 3 aliphatic rings. The summed E-state index contributed by atoms with van der Waals surface area (Å²) >= 11 is 0. The number of aliphatic hydroxyl groups is 2. The van der Waals surface area contributed by atoms with Crippen LogP contribution in [0.1, 0.15) is 48.1 Å². The molecule has 2 amide bonds. The van der Waals surface area contributed by atoms with Crippen LogP contribution in [0.2, 0.25) is 0 Å². The lowest BCUT2D eigenvalue weighted by Crippen LogP contribution is -2.51. The normalized spacial score (nSPS) is 26.4. The fourth-order valence-electron chi connectivity index (χ4n) is 6.36. The third kappa shape index (κ3) is 3.22. The summed E-state index contributed by atoms with van der Waals surface area (Å²) in [5, 5.41) is 27.4. The molecule has 0 aromatic heterocycles. The highest BCUT2D eigenvalue weighted by Crippen LogP contribution is 2.49. The number of amides is 2. The molecule has 7 nitrogen and oxygen atoms in total. The number of carbonyl (C=O) groups is 2. The summed E-state index contributed by atoms with van der Waals surface area (Å²) in [6.07, 6.45) is 0.544. The Morgan fingerprint density at radius 1 is 1.03 bits per heavy atom. The second kappa shape index (κ2) is 8.16. The van der Waals surface area contributed by atoms with Gasteiger partial charge in [-0.2, -0.15) is 0 Å². The molecule has 0 spiro atoms. The number of rotatable bonds is 4. The number of hydrogen-bond acceptors (Lipinski definition) is 5. The molecular weight excluding hydrogens is 442 g/mol. The first kappa shape index (κ1) is 22.2. The molecule has 0 bridgehead atoms. The smallest absolute Gasteiger partial charge is 0.264 e. The Morgan fingerprint density at radius 3 is 2.43 bits per heavy atom. The van der Waals surface area contributed by atoms with E-state index in [2.05, 4.69) is 28.4 Å². The molecule has 2 heterocycles. The average Bonchev–Trinajstić information content (AvgIpc) is 3.29. The molecule has 3 N–H and O–H groups in total. The Morgan fingerprint density at radius 2 is 1.71 bits per heavy atom. The Kier molecular flexibility index (Phi) is 5.18. The lowest BCUT2D eigenvalue weighted by Gasteiger charge is -2.41. The van der Waals surface area contributed by atoms with Crippen molar-refractivity contribution in [3.05, 3.63) is 77.4 Å². The maximum atomic E-state index is 13.5. The van der Waals surface area contributed by atoms with Gasteiger partial charge in [0.2, 0.25) is 5.91 Å². The number of piperidine rings is 1. The van der Waals surface area contributed by atoms with Crippen LogP contribution in [-0.4, -0.2) is 53.1 Å². The molecule has 7 heteroatoms. The van der Waals surface area contributed by atoms with Gasteiger partial charge in [0.05, 0.1) is 24.3 Å². The lowest BCUT2D eigenvalue weighted by molar-refractivity contribution is -0.143. The van der Waals surface area contributed by atoms with Crippen LogP contribution in [0.25, 0.3) is 10.8 Å². The highest BCUT2D eigenvalue weighted by Gasteiger charge is 2.53. The lowest BCUT2D eigenvalue weighted by atomic mass is 9.91. The third-order valence-electron chi connectivity index (χ3n) is 8.04. The number of aliphatic hydroxyl groups excluding tert-OH is 1. The van der Waals surface area contributed by atoms with Gasteiger partial charge in [-0.25, -0.2) is 0 Å². The summed E-state index contributed by atoms with van der Waals surface area (Å²) in [4.78, 5) is 29.7. The van der Waals surface area contributed by atoms with Gasteiger partial charge in [0.15, 0.2) is 5.60 Å². The van der Waals surface area contributed by atoms with Crippen LogP contribution < -0.4 is 10.2 Å². The molecule has 3 atom stereocenters. The second-order valence-electron chi connectivity index (χ2n) is 9.85. The minimum Gasteiger partial charge on any atom is -0.386 e. The van der Waals surface area contributed by atoms with E-state index in [1.54, 1.807) is 17.0 Å². The average molecular weight is 472 g/mol. The van der Waals surface area contributed by atoms with Crippen molar-refractivity contribution in [3.63, 3.8) is 0 Å². The number of para-hydroxylation sites is 1. The molecule has 1 aliphatic carbocycles. The standard InChI is InChI=1S/C28H29N3O4/c1-29-23(32)16-28(35)21-10-2-3-11-22(21)31(27(28)34)18-12-14-30(15-13-18)25-19-8-4-6-17-7-5-9-20(24(17)19)26(25)33/h2-11,18,25-26,33,35H,12-16H2,1H3,(H,29,32)/t25-,26-,28-/m0/s1. The van der Waals surface area contributed by atoms with Crippen molar-refractivity contribution in [2.75, 3.05) is 25.0 Å². The van der Waals surface area contributed by atoms with E-state index >= 15 is 0 Å². The summed E-state index contributed by atoms with van der Waals surface area (Å²) in [7, 11) is 1.50. The Bertz CT molecular complexity index is 1330. The van der Waals surface area contributed by atoms with Gasteiger partial charge in [0.1, 0.15) is 0 Å². The van der Waals surface area contributed by atoms with E-state index < -0.39 is 17.6 Å². The van der Waals surface area contributed by atoms with Crippen LogP contribution in [-0.2, 0) is 15.2 Å². The Hall–Kier alpha value is -3.26. The van der Waals surface area contributed by atoms with Crippen LogP contribution in [0.4, 0.5) is 5.69 Å². The van der Waals surface area contributed by atoms with Gasteiger partial charge < -0.3 is 20.4 Å².